The summed E-state index contributed by atoms with van der Waals surface area (Å²) < 4.78 is 0. The van der Waals surface area contributed by atoms with Crippen molar-refractivity contribution in [1.29, 1.82) is 0 Å². The van der Waals surface area contributed by atoms with E-state index < -0.39 is 0 Å². The lowest BCUT2D eigenvalue weighted by Gasteiger charge is -2.33. The van der Waals surface area contributed by atoms with Crippen LogP contribution in [0.1, 0.15) is 32.8 Å². The van der Waals surface area contributed by atoms with Crippen LogP contribution in [0.4, 0.5) is 11.4 Å². The Hall–Kier alpha value is -1.55. The minimum absolute atomic E-state index is 0.0401. The Morgan fingerprint density at radius 1 is 1.44 bits per heavy atom. The van der Waals surface area contributed by atoms with Crippen molar-refractivity contribution >= 4 is 34.8 Å². The fourth-order valence-electron chi connectivity index (χ4n) is 2.22. The second-order valence-electron chi connectivity index (χ2n) is 5.17. The third-order valence-corrected chi connectivity index (χ3v) is 3.30. The minimum Gasteiger partial charge on any atom is -0.326 e. The van der Waals surface area contributed by atoms with Crippen LogP contribution in [0.2, 0.25) is 5.02 Å². The maximum Gasteiger partial charge on any atom is 0.225 e. The number of nitrogens with one attached hydrogen (secondary N) is 2. The van der Waals surface area contributed by atoms with Crippen LogP contribution in [-0.4, -0.2) is 11.8 Å². The molecule has 2 rings (SSSR count). The quantitative estimate of drug-likeness (QED) is 0.821. The highest BCUT2D eigenvalue weighted by Crippen LogP contribution is 2.42. The van der Waals surface area contributed by atoms with Crippen LogP contribution in [-0.2, 0) is 15.0 Å². The largest absolute Gasteiger partial charge is 0.326 e. The highest BCUT2D eigenvalue weighted by molar-refractivity contribution is 6.34. The predicted molar refractivity (Wildman–Crippen MR) is 72.0 cm³/mol. The van der Waals surface area contributed by atoms with Gasteiger partial charge in [0.15, 0.2) is 0 Å². The molecule has 1 heterocycles. The average Bonchev–Trinajstić information content (AvgIpc) is 2.18. The molecule has 0 saturated heterocycles. The van der Waals surface area contributed by atoms with Crippen molar-refractivity contribution in [3.05, 3.63) is 22.7 Å². The molecule has 1 aromatic carbocycles. The van der Waals surface area contributed by atoms with E-state index in [2.05, 4.69) is 10.6 Å². The number of fused-ring (bicyclic) bond motifs is 1. The normalized spacial score (nSPS) is 16.8. The topological polar surface area (TPSA) is 58.2 Å². The molecule has 5 heteroatoms. The first-order valence-corrected chi connectivity index (χ1v) is 6.09. The molecule has 1 aliphatic rings. The van der Waals surface area contributed by atoms with Gasteiger partial charge in [-0.3, -0.25) is 9.59 Å². The summed E-state index contributed by atoms with van der Waals surface area (Å²) in [5.74, 6) is -0.189. The SMILES string of the molecule is CC(=O)Nc1cc(Cl)c2c(c1)C(C)(C)CC(=O)N2. The molecule has 0 saturated carbocycles. The summed E-state index contributed by atoms with van der Waals surface area (Å²) in [4.78, 5) is 22.7. The zero-order valence-electron chi connectivity index (χ0n) is 10.6. The summed E-state index contributed by atoms with van der Waals surface area (Å²) in [7, 11) is 0. The van der Waals surface area contributed by atoms with Crippen molar-refractivity contribution in [1.82, 2.24) is 0 Å². The van der Waals surface area contributed by atoms with Gasteiger partial charge in [0.2, 0.25) is 11.8 Å². The predicted octanol–water partition coefficient (Wildman–Crippen LogP) is 2.92. The van der Waals surface area contributed by atoms with Crippen molar-refractivity contribution < 1.29 is 9.59 Å². The van der Waals surface area contributed by atoms with E-state index in [0.29, 0.717) is 22.8 Å². The highest BCUT2D eigenvalue weighted by Gasteiger charge is 2.33. The first kappa shape index (κ1) is 12.9. The van der Waals surface area contributed by atoms with Gasteiger partial charge in [0.25, 0.3) is 0 Å². The molecule has 1 aromatic rings. The van der Waals surface area contributed by atoms with E-state index in [1.165, 1.54) is 6.92 Å². The average molecular weight is 267 g/mol. The van der Waals surface area contributed by atoms with Crippen LogP contribution in [0.3, 0.4) is 0 Å². The summed E-state index contributed by atoms with van der Waals surface area (Å²) >= 11 is 6.16. The smallest absolute Gasteiger partial charge is 0.225 e. The van der Waals surface area contributed by atoms with Crippen molar-refractivity contribution in [2.75, 3.05) is 10.6 Å². The lowest BCUT2D eigenvalue weighted by atomic mass is 9.78. The van der Waals surface area contributed by atoms with E-state index in [1.807, 2.05) is 19.9 Å². The second-order valence-corrected chi connectivity index (χ2v) is 5.58. The molecule has 96 valence electrons. The number of halogens is 1. The van der Waals surface area contributed by atoms with E-state index >= 15 is 0 Å². The van der Waals surface area contributed by atoms with Crippen LogP contribution in [0.25, 0.3) is 0 Å². The van der Waals surface area contributed by atoms with E-state index in [9.17, 15) is 9.59 Å². The minimum atomic E-state index is -0.296. The van der Waals surface area contributed by atoms with Crippen molar-refractivity contribution in [3.8, 4) is 0 Å². The van der Waals surface area contributed by atoms with Gasteiger partial charge in [-0.15, -0.1) is 0 Å². The van der Waals surface area contributed by atoms with E-state index in [1.54, 1.807) is 6.07 Å². The molecular weight excluding hydrogens is 252 g/mol. The summed E-state index contributed by atoms with van der Waals surface area (Å²) in [5, 5.41) is 5.93. The standard InChI is InChI=1S/C13H15ClN2O2/c1-7(17)15-8-4-9-12(10(14)5-8)16-11(18)6-13(9,2)3/h4-5H,6H2,1-3H3,(H,15,17)(H,16,18). The van der Waals surface area contributed by atoms with Gasteiger partial charge in [0.1, 0.15) is 0 Å². The number of amides is 2. The molecule has 0 fully saturated rings. The zero-order chi connectivity index (χ0) is 13.5. The summed E-state index contributed by atoms with van der Waals surface area (Å²) in [6, 6.07) is 3.51. The second kappa shape index (κ2) is 4.28. The van der Waals surface area contributed by atoms with Gasteiger partial charge in [0, 0.05) is 24.4 Å². The first-order valence-electron chi connectivity index (χ1n) is 5.71. The lowest BCUT2D eigenvalue weighted by Crippen LogP contribution is -2.32. The number of benzene rings is 1. The van der Waals surface area contributed by atoms with E-state index in [-0.39, 0.29) is 17.2 Å². The van der Waals surface area contributed by atoms with Gasteiger partial charge in [-0.25, -0.2) is 0 Å². The van der Waals surface area contributed by atoms with Gasteiger partial charge >= 0.3 is 0 Å². The number of rotatable bonds is 1. The number of anilines is 2. The van der Waals surface area contributed by atoms with E-state index in [4.69, 9.17) is 11.6 Å². The molecule has 0 radical (unpaired) electrons. The van der Waals surface area contributed by atoms with Crippen molar-refractivity contribution in [2.24, 2.45) is 0 Å². The molecule has 2 N–H and O–H groups in total. The molecule has 1 aliphatic heterocycles. The lowest BCUT2D eigenvalue weighted by molar-refractivity contribution is -0.117. The van der Waals surface area contributed by atoms with Gasteiger partial charge < -0.3 is 10.6 Å². The maximum absolute atomic E-state index is 11.6. The Bertz CT molecular complexity index is 538. The molecule has 0 bridgehead atoms. The molecule has 0 spiro atoms. The Morgan fingerprint density at radius 2 is 2.11 bits per heavy atom. The number of carbonyl (C=O) groups is 2. The summed E-state index contributed by atoms with van der Waals surface area (Å²) in [6.45, 7) is 5.41. The van der Waals surface area contributed by atoms with Crippen molar-refractivity contribution in [3.63, 3.8) is 0 Å². The summed E-state index contributed by atoms with van der Waals surface area (Å²) in [5.41, 5.74) is 1.94. The van der Waals surface area contributed by atoms with Crippen LogP contribution >= 0.6 is 11.6 Å². The van der Waals surface area contributed by atoms with Crippen LogP contribution in [0.5, 0.6) is 0 Å². The summed E-state index contributed by atoms with van der Waals surface area (Å²) in [6.07, 6.45) is 0.403. The number of hydrogen-bond donors (Lipinski definition) is 2. The number of hydrogen-bond acceptors (Lipinski definition) is 2. The highest BCUT2D eigenvalue weighted by atomic mass is 35.5. The molecule has 0 unspecified atom stereocenters. The van der Waals surface area contributed by atoms with Gasteiger partial charge in [0.05, 0.1) is 10.7 Å². The van der Waals surface area contributed by atoms with Crippen LogP contribution < -0.4 is 10.6 Å². The molecular formula is C13H15ClN2O2. The fourth-order valence-corrected chi connectivity index (χ4v) is 2.49. The van der Waals surface area contributed by atoms with Gasteiger partial charge in [-0.1, -0.05) is 25.4 Å². The molecule has 0 aromatic heterocycles. The Balaban J connectivity index is 2.54. The Morgan fingerprint density at radius 3 is 2.72 bits per heavy atom. The van der Waals surface area contributed by atoms with Crippen LogP contribution in [0, 0.1) is 0 Å². The third-order valence-electron chi connectivity index (χ3n) is 3.01. The molecule has 18 heavy (non-hydrogen) atoms. The third kappa shape index (κ3) is 2.34. The molecule has 4 nitrogen and oxygen atoms in total. The van der Waals surface area contributed by atoms with Crippen LogP contribution in [0.15, 0.2) is 12.1 Å². The monoisotopic (exact) mass is 266 g/mol. The zero-order valence-corrected chi connectivity index (χ0v) is 11.3. The Labute approximate surface area is 111 Å². The van der Waals surface area contributed by atoms with Gasteiger partial charge in [-0.05, 0) is 17.7 Å². The molecule has 0 aliphatic carbocycles. The van der Waals surface area contributed by atoms with Crippen molar-refractivity contribution in [2.45, 2.75) is 32.6 Å². The Kier molecular flexibility index (Phi) is 3.07. The first-order chi connectivity index (χ1) is 8.29. The maximum atomic E-state index is 11.6. The molecule has 0 atom stereocenters. The number of carbonyl (C=O) groups excluding carboxylic acids is 2. The fraction of sp³-hybridized carbons (Fsp3) is 0.385. The van der Waals surface area contributed by atoms with Gasteiger partial charge in [-0.2, -0.15) is 0 Å². The molecule has 2 amide bonds. The van der Waals surface area contributed by atoms with E-state index in [0.717, 1.165) is 5.56 Å².